The second-order valence-electron chi connectivity index (χ2n) is 6.43. The minimum atomic E-state index is -0.150. The first kappa shape index (κ1) is 16.5. The summed E-state index contributed by atoms with van der Waals surface area (Å²) in [5.41, 5.74) is 1.07. The second-order valence-corrected chi connectivity index (χ2v) is 6.43. The summed E-state index contributed by atoms with van der Waals surface area (Å²) in [5, 5.41) is 6.47. The zero-order valence-corrected chi connectivity index (χ0v) is 14.2. The lowest BCUT2D eigenvalue weighted by molar-refractivity contribution is 0.132. The highest BCUT2D eigenvalue weighted by Crippen LogP contribution is 2.41. The van der Waals surface area contributed by atoms with E-state index in [2.05, 4.69) is 49.4 Å². The van der Waals surface area contributed by atoms with Crippen LogP contribution < -0.4 is 20.1 Å². The summed E-state index contributed by atoms with van der Waals surface area (Å²) in [7, 11) is 1.76. The molecule has 2 N–H and O–H groups in total. The summed E-state index contributed by atoms with van der Waals surface area (Å²) in [6.07, 6.45) is 0.919. The lowest BCUT2D eigenvalue weighted by Crippen LogP contribution is -2.42. The van der Waals surface area contributed by atoms with E-state index in [1.807, 2.05) is 12.1 Å². The molecule has 1 aromatic carbocycles. The molecule has 0 saturated heterocycles. The molecule has 0 fully saturated rings. The average molecular weight is 305 g/mol. The quantitative estimate of drug-likeness (QED) is 0.498. The van der Waals surface area contributed by atoms with Crippen molar-refractivity contribution in [3.63, 3.8) is 0 Å². The van der Waals surface area contributed by atoms with Gasteiger partial charge in [0.1, 0.15) is 12.2 Å². The summed E-state index contributed by atoms with van der Waals surface area (Å²) in [6, 6.07) is 6.43. The fourth-order valence-corrected chi connectivity index (χ4v) is 2.50. The van der Waals surface area contributed by atoms with Crippen molar-refractivity contribution in [3.05, 3.63) is 23.8 Å². The lowest BCUT2D eigenvalue weighted by Gasteiger charge is -2.18. The van der Waals surface area contributed by atoms with Gasteiger partial charge < -0.3 is 20.1 Å². The molecule has 0 aliphatic carbocycles. The van der Waals surface area contributed by atoms with Crippen molar-refractivity contribution in [3.8, 4) is 11.5 Å². The molecule has 122 valence electrons. The van der Waals surface area contributed by atoms with Gasteiger partial charge >= 0.3 is 0 Å². The van der Waals surface area contributed by atoms with Gasteiger partial charge in [-0.15, -0.1) is 0 Å². The maximum Gasteiger partial charge on any atom is 0.191 e. The van der Waals surface area contributed by atoms with Gasteiger partial charge in [-0.1, -0.05) is 12.1 Å². The number of fused-ring (bicyclic) bond motifs is 1. The van der Waals surface area contributed by atoms with Crippen molar-refractivity contribution >= 4 is 5.96 Å². The molecule has 0 atom stereocenters. The van der Waals surface area contributed by atoms with Crippen LogP contribution in [-0.4, -0.2) is 37.8 Å². The first-order valence-corrected chi connectivity index (χ1v) is 7.82. The van der Waals surface area contributed by atoms with Crippen molar-refractivity contribution in [2.45, 2.75) is 45.8 Å². The predicted molar refractivity (Wildman–Crippen MR) is 90.0 cm³/mol. The van der Waals surface area contributed by atoms with Gasteiger partial charge in [0.15, 0.2) is 17.5 Å². The van der Waals surface area contributed by atoms with E-state index in [0.717, 1.165) is 23.9 Å². The van der Waals surface area contributed by atoms with Gasteiger partial charge in [-0.2, -0.15) is 0 Å². The molecule has 0 saturated carbocycles. The van der Waals surface area contributed by atoms with Gasteiger partial charge in [-0.25, -0.2) is 0 Å². The molecule has 22 heavy (non-hydrogen) atoms. The first-order chi connectivity index (χ1) is 10.4. The van der Waals surface area contributed by atoms with Gasteiger partial charge in [0, 0.05) is 25.1 Å². The Morgan fingerprint density at radius 1 is 1.41 bits per heavy atom. The zero-order valence-electron chi connectivity index (χ0n) is 14.2. The Morgan fingerprint density at radius 3 is 2.86 bits per heavy atom. The van der Waals surface area contributed by atoms with Gasteiger partial charge in [-0.05, 0) is 33.8 Å². The van der Waals surface area contributed by atoms with Crippen molar-refractivity contribution in [1.29, 1.82) is 0 Å². The monoisotopic (exact) mass is 305 g/mol. The Bertz CT molecular complexity index is 539. The van der Waals surface area contributed by atoms with Crippen LogP contribution in [0.3, 0.4) is 0 Å². The van der Waals surface area contributed by atoms with E-state index in [0.29, 0.717) is 19.2 Å². The molecule has 5 nitrogen and oxygen atoms in total. The Morgan fingerprint density at radius 2 is 2.18 bits per heavy atom. The summed E-state index contributed by atoms with van der Waals surface area (Å²) in [4.78, 5) is 4.16. The van der Waals surface area contributed by atoms with Crippen LogP contribution in [-0.2, 0) is 6.42 Å². The van der Waals surface area contributed by atoms with Crippen molar-refractivity contribution in [2.75, 3.05) is 20.2 Å². The number of rotatable bonds is 5. The lowest BCUT2D eigenvalue weighted by atomic mass is 10.0. The van der Waals surface area contributed by atoms with E-state index >= 15 is 0 Å². The molecule has 0 spiro atoms. The van der Waals surface area contributed by atoms with Gasteiger partial charge in [0.05, 0.1) is 6.54 Å². The SMILES string of the molecule is CN=C(NCCOc1cccc2c1OC(C)(C)C2)NC(C)C. The van der Waals surface area contributed by atoms with E-state index < -0.39 is 0 Å². The molecule has 2 rings (SSSR count). The van der Waals surface area contributed by atoms with E-state index in [1.54, 1.807) is 7.05 Å². The molecular weight excluding hydrogens is 278 g/mol. The van der Waals surface area contributed by atoms with Crippen molar-refractivity contribution in [2.24, 2.45) is 4.99 Å². The van der Waals surface area contributed by atoms with Crippen LogP contribution in [0.2, 0.25) is 0 Å². The van der Waals surface area contributed by atoms with Crippen LogP contribution in [0.4, 0.5) is 0 Å². The topological polar surface area (TPSA) is 54.9 Å². The maximum absolute atomic E-state index is 6.00. The Labute approximate surface area is 133 Å². The zero-order chi connectivity index (χ0) is 16.2. The second kappa shape index (κ2) is 6.90. The van der Waals surface area contributed by atoms with Crippen molar-refractivity contribution < 1.29 is 9.47 Å². The number of benzene rings is 1. The number of guanidine groups is 1. The molecule has 0 radical (unpaired) electrons. The normalized spacial score (nSPS) is 16.2. The Balaban J connectivity index is 1.85. The number of hydrogen-bond acceptors (Lipinski definition) is 3. The van der Waals surface area contributed by atoms with Crippen LogP contribution in [0.1, 0.15) is 33.3 Å². The highest BCUT2D eigenvalue weighted by atomic mass is 16.5. The third-order valence-corrected chi connectivity index (χ3v) is 3.36. The Kier molecular flexibility index (Phi) is 5.16. The summed E-state index contributed by atoms with van der Waals surface area (Å²) < 4.78 is 11.9. The summed E-state index contributed by atoms with van der Waals surface area (Å²) in [5.74, 6) is 2.49. The van der Waals surface area contributed by atoms with Crippen LogP contribution in [0.25, 0.3) is 0 Å². The smallest absolute Gasteiger partial charge is 0.191 e. The summed E-state index contributed by atoms with van der Waals surface area (Å²) >= 11 is 0. The molecule has 1 aliphatic rings. The number of hydrogen-bond donors (Lipinski definition) is 2. The molecule has 1 aliphatic heterocycles. The van der Waals surface area contributed by atoms with Crippen LogP contribution in [0.5, 0.6) is 11.5 Å². The van der Waals surface area contributed by atoms with E-state index in [4.69, 9.17) is 9.47 Å². The fraction of sp³-hybridized carbons (Fsp3) is 0.588. The molecular formula is C17H27N3O2. The highest BCUT2D eigenvalue weighted by molar-refractivity contribution is 5.79. The molecule has 0 bridgehead atoms. The number of para-hydroxylation sites is 1. The fourth-order valence-electron chi connectivity index (χ4n) is 2.50. The molecule has 0 aromatic heterocycles. The average Bonchev–Trinajstić information content (AvgIpc) is 2.76. The van der Waals surface area contributed by atoms with Gasteiger partial charge in [0.25, 0.3) is 0 Å². The van der Waals surface area contributed by atoms with Gasteiger partial charge in [-0.3, -0.25) is 4.99 Å². The largest absolute Gasteiger partial charge is 0.488 e. The minimum Gasteiger partial charge on any atom is -0.488 e. The van der Waals surface area contributed by atoms with Gasteiger partial charge in [0.2, 0.25) is 0 Å². The molecule has 5 heteroatoms. The van der Waals surface area contributed by atoms with E-state index in [-0.39, 0.29) is 5.60 Å². The Hall–Kier alpha value is -1.91. The molecule has 0 unspecified atom stereocenters. The highest BCUT2D eigenvalue weighted by Gasteiger charge is 2.32. The first-order valence-electron chi connectivity index (χ1n) is 7.82. The van der Waals surface area contributed by atoms with Crippen molar-refractivity contribution in [1.82, 2.24) is 10.6 Å². The number of nitrogens with zero attached hydrogens (tertiary/aromatic N) is 1. The number of aliphatic imine (C=N–C) groups is 1. The standard InChI is InChI=1S/C17H27N3O2/c1-12(2)20-16(18-5)19-9-10-21-14-8-6-7-13-11-17(3,4)22-15(13)14/h6-8,12H,9-11H2,1-5H3,(H2,18,19,20). The number of nitrogens with one attached hydrogen (secondary N) is 2. The molecule has 1 aromatic rings. The van der Waals surface area contributed by atoms with Crippen LogP contribution in [0, 0.1) is 0 Å². The molecule has 1 heterocycles. The number of ether oxygens (including phenoxy) is 2. The third-order valence-electron chi connectivity index (χ3n) is 3.36. The minimum absolute atomic E-state index is 0.150. The molecule has 0 amide bonds. The van der Waals surface area contributed by atoms with Crippen LogP contribution in [0.15, 0.2) is 23.2 Å². The third kappa shape index (κ3) is 4.29. The predicted octanol–water partition coefficient (Wildman–Crippen LogP) is 2.35. The maximum atomic E-state index is 6.00. The van der Waals surface area contributed by atoms with E-state index in [9.17, 15) is 0 Å². The van der Waals surface area contributed by atoms with E-state index in [1.165, 1.54) is 5.56 Å². The summed E-state index contributed by atoms with van der Waals surface area (Å²) in [6.45, 7) is 9.59. The van der Waals surface area contributed by atoms with Crippen LogP contribution >= 0.6 is 0 Å².